The molecular weight excluding hydrogens is 162 g/mol. The number of aromatic nitrogens is 2. The topological polar surface area (TPSA) is 37.8 Å². The van der Waals surface area contributed by atoms with E-state index < -0.39 is 0 Å². The third-order valence-electron chi connectivity index (χ3n) is 1.59. The van der Waals surface area contributed by atoms with Crippen LogP contribution in [0.15, 0.2) is 12.3 Å². The molecule has 0 fully saturated rings. The molecule has 13 heavy (non-hydrogen) atoms. The molecule has 1 rings (SSSR count). The van der Waals surface area contributed by atoms with Gasteiger partial charge in [-0.05, 0) is 19.9 Å². The highest BCUT2D eigenvalue weighted by Crippen LogP contribution is 2.04. The Balaban J connectivity index is 2.59. The molecule has 0 spiro atoms. The highest BCUT2D eigenvalue weighted by molar-refractivity contribution is 5.34. The minimum Gasteiger partial charge on any atom is -0.367 e. The van der Waals surface area contributed by atoms with E-state index in [-0.39, 0.29) is 6.04 Å². The number of aryl methyl sites for hydroxylation is 1. The van der Waals surface area contributed by atoms with Crippen LogP contribution in [0.3, 0.4) is 0 Å². The predicted octanol–water partition coefficient (Wildman–Crippen LogP) is 1.61. The van der Waals surface area contributed by atoms with Gasteiger partial charge in [0, 0.05) is 18.7 Å². The Morgan fingerprint density at radius 3 is 3.08 bits per heavy atom. The Hall–Kier alpha value is -1.56. The molecule has 1 heterocycles. The number of terminal acetylenes is 1. The summed E-state index contributed by atoms with van der Waals surface area (Å²) in [6, 6.07) is 2.08. The van der Waals surface area contributed by atoms with Gasteiger partial charge < -0.3 is 5.32 Å². The Morgan fingerprint density at radius 1 is 1.69 bits per heavy atom. The van der Waals surface area contributed by atoms with Crippen molar-refractivity contribution in [2.45, 2.75) is 26.3 Å². The molecule has 0 aliphatic heterocycles. The Bertz CT molecular complexity index is 314. The van der Waals surface area contributed by atoms with E-state index in [2.05, 4.69) is 21.2 Å². The number of hydrogen-bond acceptors (Lipinski definition) is 3. The maximum Gasteiger partial charge on any atom is 0.129 e. The van der Waals surface area contributed by atoms with Crippen molar-refractivity contribution in [2.75, 3.05) is 5.32 Å². The number of anilines is 1. The second kappa shape index (κ2) is 4.46. The lowest BCUT2D eigenvalue weighted by Crippen LogP contribution is -2.15. The van der Waals surface area contributed by atoms with Crippen molar-refractivity contribution in [1.29, 1.82) is 0 Å². The van der Waals surface area contributed by atoms with E-state index >= 15 is 0 Å². The number of hydrogen-bond donors (Lipinski definition) is 1. The Kier molecular flexibility index (Phi) is 3.27. The van der Waals surface area contributed by atoms with E-state index in [1.54, 1.807) is 6.20 Å². The second-order valence-electron chi connectivity index (χ2n) is 2.94. The number of nitrogens with one attached hydrogen (secondary N) is 1. The van der Waals surface area contributed by atoms with Crippen molar-refractivity contribution < 1.29 is 0 Å². The van der Waals surface area contributed by atoms with Crippen molar-refractivity contribution in [1.82, 2.24) is 9.97 Å². The zero-order chi connectivity index (χ0) is 9.68. The maximum atomic E-state index is 5.19. The van der Waals surface area contributed by atoms with Gasteiger partial charge in [-0.1, -0.05) is 0 Å². The van der Waals surface area contributed by atoms with E-state index in [0.29, 0.717) is 6.42 Å². The summed E-state index contributed by atoms with van der Waals surface area (Å²) in [6.07, 6.45) is 7.62. The average Bonchev–Trinajstić information content (AvgIpc) is 2.04. The molecule has 1 atom stereocenters. The molecule has 3 heteroatoms. The Labute approximate surface area is 78.6 Å². The summed E-state index contributed by atoms with van der Waals surface area (Å²) in [7, 11) is 0. The zero-order valence-electron chi connectivity index (χ0n) is 7.91. The molecule has 0 amide bonds. The summed E-state index contributed by atoms with van der Waals surface area (Å²) in [5, 5.41) is 3.19. The van der Waals surface area contributed by atoms with Gasteiger partial charge in [0.1, 0.15) is 11.6 Å². The van der Waals surface area contributed by atoms with Crippen LogP contribution in [0.2, 0.25) is 0 Å². The third kappa shape index (κ3) is 3.12. The van der Waals surface area contributed by atoms with Gasteiger partial charge in [0.05, 0.1) is 0 Å². The quantitative estimate of drug-likeness (QED) is 0.709. The van der Waals surface area contributed by atoms with E-state index in [1.807, 2.05) is 19.9 Å². The van der Waals surface area contributed by atoms with Crippen molar-refractivity contribution in [2.24, 2.45) is 0 Å². The lowest BCUT2D eigenvalue weighted by atomic mass is 10.2. The monoisotopic (exact) mass is 175 g/mol. The minimum absolute atomic E-state index is 0.249. The molecule has 0 radical (unpaired) electrons. The average molecular weight is 175 g/mol. The second-order valence-corrected chi connectivity index (χ2v) is 2.94. The fourth-order valence-electron chi connectivity index (χ4n) is 1.02. The van der Waals surface area contributed by atoms with Crippen molar-refractivity contribution in [3.8, 4) is 12.3 Å². The van der Waals surface area contributed by atoms with Gasteiger partial charge in [-0.2, -0.15) is 0 Å². The molecule has 1 aromatic heterocycles. The van der Waals surface area contributed by atoms with Crippen molar-refractivity contribution >= 4 is 5.82 Å². The fraction of sp³-hybridized carbons (Fsp3) is 0.400. The lowest BCUT2D eigenvalue weighted by molar-refractivity contribution is 0.817. The predicted molar refractivity (Wildman–Crippen MR) is 53.3 cm³/mol. The SMILES string of the molecule is C#CCC(C)Nc1ccnc(C)n1. The first-order valence-electron chi connectivity index (χ1n) is 4.22. The van der Waals surface area contributed by atoms with Gasteiger partial charge in [0.2, 0.25) is 0 Å². The molecular formula is C10H13N3. The molecule has 3 nitrogen and oxygen atoms in total. The highest BCUT2D eigenvalue weighted by atomic mass is 15.0. The van der Waals surface area contributed by atoms with Crippen LogP contribution in [-0.2, 0) is 0 Å². The smallest absolute Gasteiger partial charge is 0.129 e. The van der Waals surface area contributed by atoms with Gasteiger partial charge >= 0.3 is 0 Å². The molecule has 0 aromatic carbocycles. The van der Waals surface area contributed by atoms with E-state index in [1.165, 1.54) is 0 Å². The first kappa shape index (κ1) is 9.53. The van der Waals surface area contributed by atoms with Gasteiger partial charge in [0.25, 0.3) is 0 Å². The van der Waals surface area contributed by atoms with Gasteiger partial charge in [-0.3, -0.25) is 0 Å². The van der Waals surface area contributed by atoms with Crippen LogP contribution in [0.4, 0.5) is 5.82 Å². The molecule has 0 saturated carbocycles. The highest BCUT2D eigenvalue weighted by Gasteiger charge is 2.00. The minimum atomic E-state index is 0.249. The third-order valence-corrected chi connectivity index (χ3v) is 1.59. The molecule has 0 saturated heterocycles. The number of rotatable bonds is 3. The van der Waals surface area contributed by atoms with Crippen LogP contribution in [0.1, 0.15) is 19.2 Å². The molecule has 0 bridgehead atoms. The van der Waals surface area contributed by atoms with Gasteiger partial charge in [-0.15, -0.1) is 12.3 Å². The summed E-state index contributed by atoms with van der Waals surface area (Å²) in [4.78, 5) is 8.21. The van der Waals surface area contributed by atoms with Crippen LogP contribution in [0.5, 0.6) is 0 Å². The molecule has 1 unspecified atom stereocenters. The van der Waals surface area contributed by atoms with Crippen LogP contribution < -0.4 is 5.32 Å². The van der Waals surface area contributed by atoms with Gasteiger partial charge in [0.15, 0.2) is 0 Å². The van der Waals surface area contributed by atoms with Crippen molar-refractivity contribution in [3.63, 3.8) is 0 Å². The van der Waals surface area contributed by atoms with Crippen LogP contribution in [-0.4, -0.2) is 16.0 Å². The first-order valence-corrected chi connectivity index (χ1v) is 4.22. The lowest BCUT2D eigenvalue weighted by Gasteiger charge is -2.10. The summed E-state index contributed by atoms with van der Waals surface area (Å²) in [5.41, 5.74) is 0. The largest absolute Gasteiger partial charge is 0.367 e. The molecule has 68 valence electrons. The van der Waals surface area contributed by atoms with E-state index in [0.717, 1.165) is 11.6 Å². The zero-order valence-corrected chi connectivity index (χ0v) is 7.91. The number of nitrogens with zero attached hydrogens (tertiary/aromatic N) is 2. The van der Waals surface area contributed by atoms with E-state index in [4.69, 9.17) is 6.42 Å². The van der Waals surface area contributed by atoms with E-state index in [9.17, 15) is 0 Å². The van der Waals surface area contributed by atoms with Crippen LogP contribution in [0.25, 0.3) is 0 Å². The summed E-state index contributed by atoms with van der Waals surface area (Å²) < 4.78 is 0. The standard InChI is InChI=1S/C10H13N3/c1-4-5-8(2)12-10-6-7-11-9(3)13-10/h1,6-8H,5H2,2-3H3,(H,11,12,13). The van der Waals surface area contributed by atoms with Crippen LogP contribution >= 0.6 is 0 Å². The van der Waals surface area contributed by atoms with Gasteiger partial charge in [-0.25, -0.2) is 9.97 Å². The summed E-state index contributed by atoms with van der Waals surface area (Å²) >= 11 is 0. The Morgan fingerprint density at radius 2 is 2.46 bits per heavy atom. The molecule has 1 aromatic rings. The molecule has 1 N–H and O–H groups in total. The summed E-state index contributed by atoms with van der Waals surface area (Å²) in [6.45, 7) is 3.88. The molecule has 0 aliphatic rings. The molecule has 0 aliphatic carbocycles. The maximum absolute atomic E-state index is 5.19. The first-order chi connectivity index (χ1) is 6.22. The van der Waals surface area contributed by atoms with Crippen LogP contribution in [0, 0.1) is 19.3 Å². The fourth-order valence-corrected chi connectivity index (χ4v) is 1.02. The van der Waals surface area contributed by atoms with Crippen molar-refractivity contribution in [3.05, 3.63) is 18.1 Å². The normalized spacial score (nSPS) is 11.8. The summed E-state index contributed by atoms with van der Waals surface area (Å²) in [5.74, 6) is 4.19.